The Morgan fingerprint density at radius 1 is 0.956 bits per heavy atom. The maximum atomic E-state index is 13.5. The molecule has 11 heteroatoms. The fourth-order valence-corrected chi connectivity index (χ4v) is 5.13. The van der Waals surface area contributed by atoms with E-state index in [2.05, 4.69) is 20.6 Å². The Kier molecular flexibility index (Phi) is 11.3. The molecule has 0 saturated heterocycles. The number of carbonyl (C=O) groups is 1. The molecule has 0 bridgehead atoms. The number of benzene rings is 3. The summed E-state index contributed by atoms with van der Waals surface area (Å²) in [6.45, 7) is 1.70. The van der Waals surface area contributed by atoms with Crippen LogP contribution in [0.2, 0.25) is 5.02 Å². The first-order chi connectivity index (χ1) is 22.0. The van der Waals surface area contributed by atoms with Gasteiger partial charge < -0.3 is 19.8 Å². The van der Waals surface area contributed by atoms with Crippen LogP contribution >= 0.6 is 11.6 Å². The SMILES string of the molecule is O=C(CCCCCCCNCc1ccc(-c2ccc3ncnc(Nc4ccc(OCc5cccc(F)c5)c(Cl)c4)c3c2)o1)NO. The summed E-state index contributed by atoms with van der Waals surface area (Å²) in [6.07, 6.45) is 6.79. The largest absolute Gasteiger partial charge is 0.487 e. The zero-order chi connectivity index (χ0) is 31.4. The molecule has 0 aliphatic heterocycles. The van der Waals surface area contributed by atoms with Gasteiger partial charge in [-0.05, 0) is 85.6 Å². The van der Waals surface area contributed by atoms with Crippen molar-refractivity contribution in [1.82, 2.24) is 20.8 Å². The summed E-state index contributed by atoms with van der Waals surface area (Å²) in [4.78, 5) is 19.9. The number of halogens is 2. The van der Waals surface area contributed by atoms with Crippen LogP contribution in [0.5, 0.6) is 5.75 Å². The van der Waals surface area contributed by atoms with Gasteiger partial charge in [-0.3, -0.25) is 10.0 Å². The number of unbranched alkanes of at least 4 members (excludes halogenated alkanes) is 4. The van der Waals surface area contributed by atoms with Crippen molar-refractivity contribution >= 4 is 39.9 Å². The molecule has 1 amide bonds. The summed E-state index contributed by atoms with van der Waals surface area (Å²) in [7, 11) is 0. The fourth-order valence-electron chi connectivity index (χ4n) is 4.89. The normalized spacial score (nSPS) is 11.1. The minimum Gasteiger partial charge on any atom is -0.487 e. The Hall–Kier alpha value is -4.51. The summed E-state index contributed by atoms with van der Waals surface area (Å²) in [6, 6.07) is 21.4. The molecule has 0 atom stereocenters. The van der Waals surface area contributed by atoms with Gasteiger partial charge in [0.2, 0.25) is 5.91 Å². The number of nitrogens with zero attached hydrogens (tertiary/aromatic N) is 2. The molecule has 9 nitrogen and oxygen atoms in total. The number of nitrogens with one attached hydrogen (secondary N) is 3. The number of hydrogen-bond donors (Lipinski definition) is 4. The summed E-state index contributed by atoms with van der Waals surface area (Å²) >= 11 is 6.50. The van der Waals surface area contributed by atoms with E-state index in [1.807, 2.05) is 36.4 Å². The molecule has 5 aromatic rings. The molecule has 2 aromatic heterocycles. The van der Waals surface area contributed by atoms with Gasteiger partial charge in [0.15, 0.2) is 0 Å². The molecule has 5 rings (SSSR count). The molecular formula is C34H35ClFN5O4. The van der Waals surface area contributed by atoms with Gasteiger partial charge in [0.05, 0.1) is 17.1 Å². The van der Waals surface area contributed by atoms with Crippen LogP contribution in [0.4, 0.5) is 15.9 Å². The molecule has 2 heterocycles. The Balaban J connectivity index is 1.15. The van der Waals surface area contributed by atoms with Gasteiger partial charge >= 0.3 is 0 Å². The molecule has 0 aliphatic rings. The first kappa shape index (κ1) is 31.9. The van der Waals surface area contributed by atoms with E-state index in [1.54, 1.807) is 29.7 Å². The number of hydroxylamine groups is 1. The van der Waals surface area contributed by atoms with Gasteiger partial charge in [0.1, 0.15) is 41.8 Å². The average Bonchev–Trinajstić information content (AvgIpc) is 3.52. The second kappa shape index (κ2) is 16.0. The van der Waals surface area contributed by atoms with E-state index in [9.17, 15) is 9.18 Å². The Morgan fingerprint density at radius 2 is 1.82 bits per heavy atom. The van der Waals surface area contributed by atoms with E-state index in [0.717, 1.165) is 72.3 Å². The fraction of sp³-hybridized carbons (Fsp3) is 0.265. The average molecular weight is 632 g/mol. The zero-order valence-electron chi connectivity index (χ0n) is 24.7. The second-order valence-corrected chi connectivity index (χ2v) is 11.0. The second-order valence-electron chi connectivity index (χ2n) is 10.6. The number of rotatable bonds is 16. The summed E-state index contributed by atoms with van der Waals surface area (Å²) < 4.78 is 25.4. The topological polar surface area (TPSA) is 122 Å². The lowest BCUT2D eigenvalue weighted by atomic mass is 10.1. The smallest absolute Gasteiger partial charge is 0.243 e. The monoisotopic (exact) mass is 631 g/mol. The van der Waals surface area contributed by atoms with Crippen molar-refractivity contribution in [1.29, 1.82) is 0 Å². The third-order valence-electron chi connectivity index (χ3n) is 7.24. The maximum Gasteiger partial charge on any atom is 0.243 e. The Labute approximate surface area is 265 Å². The van der Waals surface area contributed by atoms with E-state index in [-0.39, 0.29) is 18.3 Å². The Morgan fingerprint density at radius 3 is 2.67 bits per heavy atom. The molecule has 0 unspecified atom stereocenters. The molecule has 45 heavy (non-hydrogen) atoms. The van der Waals surface area contributed by atoms with Crippen molar-refractivity contribution in [3.63, 3.8) is 0 Å². The molecule has 234 valence electrons. The zero-order valence-corrected chi connectivity index (χ0v) is 25.4. The molecule has 3 aromatic carbocycles. The van der Waals surface area contributed by atoms with Gasteiger partial charge in [-0.15, -0.1) is 0 Å². The maximum absolute atomic E-state index is 13.5. The third kappa shape index (κ3) is 9.24. The molecule has 0 aliphatic carbocycles. The van der Waals surface area contributed by atoms with E-state index in [4.69, 9.17) is 26.0 Å². The molecule has 0 spiro atoms. The minimum atomic E-state index is -0.331. The van der Waals surface area contributed by atoms with Crippen LogP contribution in [0.1, 0.15) is 49.8 Å². The van der Waals surface area contributed by atoms with Crippen LogP contribution in [-0.2, 0) is 17.9 Å². The lowest BCUT2D eigenvalue weighted by molar-refractivity contribution is -0.129. The highest BCUT2D eigenvalue weighted by atomic mass is 35.5. The van der Waals surface area contributed by atoms with Crippen LogP contribution in [0.3, 0.4) is 0 Å². The standard InChI is InChI=1S/C34H35ClFN5O4/c35-29-19-26(11-14-32(29)44-21-23-7-6-8-25(36)17-23)40-34-28-18-24(10-13-30(28)38-22-39-34)31-15-12-27(45-31)20-37-16-5-3-1-2-4-9-33(42)41-43/h6-8,10-15,17-19,22,37,43H,1-5,9,16,20-21H2,(H,41,42)(H,38,39,40). The highest BCUT2D eigenvalue weighted by Crippen LogP contribution is 2.33. The van der Waals surface area contributed by atoms with E-state index in [1.165, 1.54) is 18.5 Å². The third-order valence-corrected chi connectivity index (χ3v) is 7.54. The first-order valence-corrected chi connectivity index (χ1v) is 15.3. The molecule has 4 N–H and O–H groups in total. The van der Waals surface area contributed by atoms with Crippen molar-refractivity contribution in [3.05, 3.63) is 101 Å². The van der Waals surface area contributed by atoms with Crippen LogP contribution in [0, 0.1) is 5.82 Å². The number of anilines is 2. The van der Waals surface area contributed by atoms with Crippen LogP contribution in [0.15, 0.2) is 83.5 Å². The lowest BCUT2D eigenvalue weighted by Gasteiger charge is -2.12. The van der Waals surface area contributed by atoms with Gasteiger partial charge in [-0.1, -0.05) is 43.0 Å². The van der Waals surface area contributed by atoms with Crippen molar-refractivity contribution < 1.29 is 23.5 Å². The van der Waals surface area contributed by atoms with Gasteiger partial charge in [0, 0.05) is 23.1 Å². The summed E-state index contributed by atoms with van der Waals surface area (Å²) in [5.74, 6) is 2.06. The van der Waals surface area contributed by atoms with Crippen molar-refractivity contribution in [2.45, 2.75) is 51.7 Å². The van der Waals surface area contributed by atoms with Gasteiger partial charge in [-0.2, -0.15) is 0 Å². The molecule has 0 radical (unpaired) electrons. The number of ether oxygens (including phenoxy) is 1. The van der Waals surface area contributed by atoms with Crippen molar-refractivity contribution in [2.24, 2.45) is 0 Å². The number of aromatic nitrogens is 2. The molecule has 0 fully saturated rings. The molecule has 0 saturated carbocycles. The van der Waals surface area contributed by atoms with Crippen LogP contribution in [0.25, 0.3) is 22.2 Å². The number of fused-ring (bicyclic) bond motifs is 1. The van der Waals surface area contributed by atoms with E-state index >= 15 is 0 Å². The van der Waals surface area contributed by atoms with Gasteiger partial charge in [-0.25, -0.2) is 19.8 Å². The Bertz CT molecular complexity index is 1730. The number of carbonyl (C=O) groups excluding carboxylic acids is 1. The van der Waals surface area contributed by atoms with E-state index < -0.39 is 0 Å². The van der Waals surface area contributed by atoms with Gasteiger partial charge in [0.25, 0.3) is 0 Å². The van der Waals surface area contributed by atoms with Crippen molar-refractivity contribution in [3.8, 4) is 17.1 Å². The number of hydrogen-bond acceptors (Lipinski definition) is 8. The van der Waals surface area contributed by atoms with Crippen molar-refractivity contribution in [2.75, 3.05) is 11.9 Å². The quantitative estimate of drug-likeness (QED) is 0.0492. The first-order valence-electron chi connectivity index (χ1n) is 14.9. The molecular weight excluding hydrogens is 597 g/mol. The predicted molar refractivity (Wildman–Crippen MR) is 172 cm³/mol. The van der Waals surface area contributed by atoms with Crippen LogP contribution < -0.4 is 20.9 Å². The van der Waals surface area contributed by atoms with E-state index in [0.29, 0.717) is 35.1 Å². The summed E-state index contributed by atoms with van der Waals surface area (Å²) in [5, 5.41) is 16.5. The number of amides is 1. The number of furan rings is 1. The summed E-state index contributed by atoms with van der Waals surface area (Å²) in [5.41, 5.74) is 4.78. The highest BCUT2D eigenvalue weighted by molar-refractivity contribution is 6.32. The predicted octanol–water partition coefficient (Wildman–Crippen LogP) is 7.94. The highest BCUT2D eigenvalue weighted by Gasteiger charge is 2.11. The lowest BCUT2D eigenvalue weighted by Crippen LogP contribution is -2.17. The van der Waals surface area contributed by atoms with Crippen LogP contribution in [-0.4, -0.2) is 27.6 Å². The minimum absolute atomic E-state index is 0.199.